The van der Waals surface area contributed by atoms with Gasteiger partial charge < -0.3 is 20.1 Å². The second kappa shape index (κ2) is 9.57. The normalized spacial score (nSPS) is 20.1. The predicted octanol–water partition coefficient (Wildman–Crippen LogP) is 5.14. The number of hydrogen-bond acceptors (Lipinski definition) is 4. The van der Waals surface area contributed by atoms with Crippen molar-refractivity contribution < 1.29 is 19.1 Å². The highest BCUT2D eigenvalue weighted by molar-refractivity contribution is 5.99. The van der Waals surface area contributed by atoms with Crippen molar-refractivity contribution in [2.75, 3.05) is 18.1 Å². The van der Waals surface area contributed by atoms with Crippen LogP contribution in [0.25, 0.3) is 0 Å². The first kappa shape index (κ1) is 23.7. The third-order valence-electron chi connectivity index (χ3n) is 6.75. The van der Waals surface area contributed by atoms with Crippen molar-refractivity contribution in [1.82, 2.24) is 10.6 Å². The summed E-state index contributed by atoms with van der Waals surface area (Å²) in [4.78, 5) is 27.8. The SMILES string of the molecule is CCOc1cccc2c1O[C@]1(C)CC2NC(=O)N1c1cccc(C(=O)NCCc2ccc(C)cc2)c1. The van der Waals surface area contributed by atoms with E-state index >= 15 is 0 Å². The summed E-state index contributed by atoms with van der Waals surface area (Å²) < 4.78 is 12.3. The summed E-state index contributed by atoms with van der Waals surface area (Å²) in [5.41, 5.74) is 3.43. The number of fused-ring (bicyclic) bond motifs is 4. The van der Waals surface area contributed by atoms with E-state index < -0.39 is 5.72 Å². The van der Waals surface area contributed by atoms with Crippen LogP contribution in [0.3, 0.4) is 0 Å². The molecule has 1 saturated heterocycles. The maximum absolute atomic E-state index is 13.3. The average molecular weight is 486 g/mol. The zero-order valence-electron chi connectivity index (χ0n) is 20.8. The molecule has 3 amide bonds. The van der Waals surface area contributed by atoms with Crippen molar-refractivity contribution in [3.8, 4) is 11.5 Å². The predicted molar refractivity (Wildman–Crippen MR) is 139 cm³/mol. The molecule has 7 heteroatoms. The third kappa shape index (κ3) is 4.49. The summed E-state index contributed by atoms with van der Waals surface area (Å²) in [5.74, 6) is 1.12. The molecule has 3 aromatic carbocycles. The van der Waals surface area contributed by atoms with Crippen LogP contribution in [0.2, 0.25) is 0 Å². The largest absolute Gasteiger partial charge is 0.490 e. The van der Waals surface area contributed by atoms with Gasteiger partial charge in [0.1, 0.15) is 0 Å². The van der Waals surface area contributed by atoms with Gasteiger partial charge in [-0.3, -0.25) is 9.69 Å². The van der Waals surface area contributed by atoms with Crippen LogP contribution in [0.5, 0.6) is 11.5 Å². The van der Waals surface area contributed by atoms with Gasteiger partial charge in [-0.05, 0) is 57.0 Å². The van der Waals surface area contributed by atoms with Crippen LogP contribution >= 0.6 is 0 Å². The van der Waals surface area contributed by atoms with E-state index in [4.69, 9.17) is 9.47 Å². The molecule has 2 heterocycles. The van der Waals surface area contributed by atoms with Gasteiger partial charge in [-0.15, -0.1) is 0 Å². The number of hydrogen-bond donors (Lipinski definition) is 2. The molecule has 36 heavy (non-hydrogen) atoms. The monoisotopic (exact) mass is 485 g/mol. The Kier molecular flexibility index (Phi) is 6.31. The molecule has 0 spiro atoms. The number of carbonyl (C=O) groups is 2. The first-order chi connectivity index (χ1) is 17.4. The van der Waals surface area contributed by atoms with Gasteiger partial charge in [0, 0.05) is 24.1 Å². The lowest BCUT2D eigenvalue weighted by Gasteiger charge is -2.50. The van der Waals surface area contributed by atoms with Crippen LogP contribution in [0.15, 0.2) is 66.7 Å². The molecule has 1 fully saturated rings. The fourth-order valence-electron chi connectivity index (χ4n) is 4.98. The van der Waals surface area contributed by atoms with Crippen LogP contribution in [-0.4, -0.2) is 30.8 Å². The maximum atomic E-state index is 13.3. The minimum Gasteiger partial charge on any atom is -0.490 e. The Morgan fingerprint density at radius 3 is 2.72 bits per heavy atom. The number of para-hydroxylation sites is 1. The van der Waals surface area contributed by atoms with E-state index in [1.54, 1.807) is 23.1 Å². The number of aryl methyl sites for hydroxylation is 1. The second-order valence-corrected chi connectivity index (χ2v) is 9.47. The number of benzene rings is 3. The number of nitrogens with zero attached hydrogens (tertiary/aromatic N) is 1. The van der Waals surface area contributed by atoms with E-state index in [2.05, 4.69) is 41.8 Å². The van der Waals surface area contributed by atoms with E-state index in [0.29, 0.717) is 42.3 Å². The summed E-state index contributed by atoms with van der Waals surface area (Å²) in [6.07, 6.45) is 1.31. The number of ether oxygens (including phenoxy) is 2. The lowest BCUT2D eigenvalue weighted by atomic mass is 9.89. The Morgan fingerprint density at radius 2 is 1.94 bits per heavy atom. The van der Waals surface area contributed by atoms with Crippen molar-refractivity contribution in [1.29, 1.82) is 0 Å². The maximum Gasteiger partial charge on any atom is 0.325 e. The van der Waals surface area contributed by atoms with Crippen LogP contribution in [0.1, 0.15) is 53.4 Å². The van der Waals surface area contributed by atoms with E-state index in [9.17, 15) is 9.59 Å². The molecule has 0 aliphatic carbocycles. The van der Waals surface area contributed by atoms with Gasteiger partial charge in [-0.25, -0.2) is 4.79 Å². The Bertz CT molecular complexity index is 1290. The van der Waals surface area contributed by atoms with Crippen molar-refractivity contribution in [3.63, 3.8) is 0 Å². The highest BCUT2D eigenvalue weighted by Gasteiger charge is 2.50. The molecular formula is C29H31N3O4. The average Bonchev–Trinajstić information content (AvgIpc) is 2.85. The Hall–Kier alpha value is -4.00. The zero-order chi connectivity index (χ0) is 25.3. The molecule has 1 unspecified atom stereocenters. The van der Waals surface area contributed by atoms with Gasteiger partial charge in [0.05, 0.1) is 18.3 Å². The van der Waals surface area contributed by atoms with Crippen LogP contribution in [-0.2, 0) is 6.42 Å². The first-order valence-corrected chi connectivity index (χ1v) is 12.4. The quantitative estimate of drug-likeness (QED) is 0.486. The minimum absolute atomic E-state index is 0.182. The van der Waals surface area contributed by atoms with Gasteiger partial charge in [-0.1, -0.05) is 48.0 Å². The van der Waals surface area contributed by atoms with Crippen molar-refractivity contribution in [2.45, 2.75) is 45.4 Å². The molecule has 0 radical (unpaired) electrons. The minimum atomic E-state index is -0.937. The fraction of sp³-hybridized carbons (Fsp3) is 0.310. The lowest BCUT2D eigenvalue weighted by Crippen LogP contribution is -2.65. The summed E-state index contributed by atoms with van der Waals surface area (Å²) in [5, 5.41) is 6.09. The van der Waals surface area contributed by atoms with E-state index in [0.717, 1.165) is 12.0 Å². The number of anilines is 1. The smallest absolute Gasteiger partial charge is 0.325 e. The van der Waals surface area contributed by atoms with E-state index in [-0.39, 0.29) is 18.0 Å². The molecule has 2 N–H and O–H groups in total. The molecule has 7 nitrogen and oxygen atoms in total. The zero-order valence-corrected chi connectivity index (χ0v) is 20.8. The molecule has 2 atom stereocenters. The van der Waals surface area contributed by atoms with Gasteiger partial charge in [0.2, 0.25) is 0 Å². The molecule has 186 valence electrons. The Labute approximate surface area is 211 Å². The van der Waals surface area contributed by atoms with Gasteiger partial charge in [-0.2, -0.15) is 0 Å². The molecule has 0 saturated carbocycles. The highest BCUT2D eigenvalue weighted by Crippen LogP contribution is 2.49. The molecule has 2 bridgehead atoms. The number of rotatable bonds is 7. The van der Waals surface area contributed by atoms with Crippen molar-refractivity contribution in [2.24, 2.45) is 0 Å². The highest BCUT2D eigenvalue weighted by atomic mass is 16.5. The third-order valence-corrected chi connectivity index (χ3v) is 6.75. The van der Waals surface area contributed by atoms with E-state index in [1.165, 1.54) is 11.1 Å². The number of urea groups is 1. The van der Waals surface area contributed by atoms with Crippen LogP contribution in [0.4, 0.5) is 10.5 Å². The Balaban J connectivity index is 1.35. The number of amides is 3. The lowest BCUT2D eigenvalue weighted by molar-refractivity contribution is 0.0343. The molecule has 2 aliphatic heterocycles. The topological polar surface area (TPSA) is 79.9 Å². The van der Waals surface area contributed by atoms with Crippen LogP contribution < -0.4 is 25.0 Å². The first-order valence-electron chi connectivity index (χ1n) is 12.4. The summed E-state index contributed by atoms with van der Waals surface area (Å²) in [6.45, 7) is 6.92. The van der Waals surface area contributed by atoms with Crippen molar-refractivity contribution >= 4 is 17.6 Å². The van der Waals surface area contributed by atoms with Crippen LogP contribution in [0, 0.1) is 6.92 Å². The molecule has 3 aromatic rings. The Morgan fingerprint density at radius 1 is 1.17 bits per heavy atom. The number of nitrogens with one attached hydrogen (secondary N) is 2. The molecule has 5 rings (SSSR count). The summed E-state index contributed by atoms with van der Waals surface area (Å²) >= 11 is 0. The van der Waals surface area contributed by atoms with Gasteiger partial charge >= 0.3 is 6.03 Å². The standard InChI is InChI=1S/C29H31N3O4/c1-4-35-25-10-6-9-23-24-18-29(3,36-26(23)25)32(28(34)31-24)22-8-5-7-21(17-22)27(33)30-16-15-20-13-11-19(2)12-14-20/h5-14,17,24H,4,15-16,18H2,1-3H3,(H,30,33)(H,31,34)/t24?,29-/m1/s1. The van der Waals surface area contributed by atoms with Gasteiger partial charge in [0.15, 0.2) is 17.2 Å². The molecule has 2 aliphatic rings. The molecular weight excluding hydrogens is 454 g/mol. The number of carbonyl (C=O) groups excluding carboxylic acids is 2. The van der Waals surface area contributed by atoms with Crippen molar-refractivity contribution in [3.05, 3.63) is 89.0 Å². The summed E-state index contributed by atoms with van der Waals surface area (Å²) in [7, 11) is 0. The fourth-order valence-corrected chi connectivity index (χ4v) is 4.98. The second-order valence-electron chi connectivity index (χ2n) is 9.47. The van der Waals surface area contributed by atoms with Gasteiger partial charge in [0.25, 0.3) is 5.91 Å². The summed E-state index contributed by atoms with van der Waals surface area (Å²) in [6, 6.07) is 20.7. The molecule has 0 aromatic heterocycles. The van der Waals surface area contributed by atoms with E-state index in [1.807, 2.05) is 38.1 Å².